The van der Waals surface area contributed by atoms with Gasteiger partial charge in [-0.15, -0.1) is 11.8 Å². The van der Waals surface area contributed by atoms with Crippen LogP contribution in [0.2, 0.25) is 0 Å². The lowest BCUT2D eigenvalue weighted by atomic mass is 9.95. The Morgan fingerprint density at radius 1 is 0.857 bits per heavy atom. The van der Waals surface area contributed by atoms with Gasteiger partial charge in [-0.1, -0.05) is 59.8 Å². The Balaban J connectivity index is 2.32. The Labute approximate surface area is 128 Å². The molecule has 1 N–H and O–H groups in total. The molecule has 2 nitrogen and oxygen atoms in total. The summed E-state index contributed by atoms with van der Waals surface area (Å²) in [6.45, 7) is 0. The van der Waals surface area contributed by atoms with Crippen molar-refractivity contribution < 1.29 is 5.21 Å². The second kappa shape index (κ2) is 6.02. The Bertz CT molecular complexity index is 811. The van der Waals surface area contributed by atoms with E-state index in [4.69, 9.17) is 5.21 Å². The fourth-order valence-corrected chi connectivity index (χ4v) is 3.21. The highest BCUT2D eigenvalue weighted by Crippen LogP contribution is 2.35. The van der Waals surface area contributed by atoms with Crippen molar-refractivity contribution in [3.8, 4) is 11.1 Å². The van der Waals surface area contributed by atoms with Gasteiger partial charge in [0.1, 0.15) is 0 Å². The molecule has 0 radical (unpaired) electrons. The molecular weight excluding hydrogens is 278 g/mol. The van der Waals surface area contributed by atoms with E-state index in [2.05, 4.69) is 53.9 Å². The first-order valence-electron chi connectivity index (χ1n) is 6.67. The van der Waals surface area contributed by atoms with Gasteiger partial charge >= 0.3 is 0 Å². The van der Waals surface area contributed by atoms with Crippen molar-refractivity contribution in [2.45, 2.75) is 4.90 Å². The molecule has 0 spiro atoms. The molecule has 0 aliphatic carbocycles. The summed E-state index contributed by atoms with van der Waals surface area (Å²) in [7, 11) is 0. The molecule has 0 saturated carbocycles. The van der Waals surface area contributed by atoms with Gasteiger partial charge in [0.2, 0.25) is 0 Å². The number of rotatable bonds is 3. The van der Waals surface area contributed by atoms with Crippen molar-refractivity contribution in [1.82, 2.24) is 0 Å². The summed E-state index contributed by atoms with van der Waals surface area (Å²) in [5.74, 6) is 0. The lowest BCUT2D eigenvalue weighted by molar-refractivity contribution is 0.322. The molecule has 0 aliphatic rings. The zero-order valence-electron chi connectivity index (χ0n) is 11.7. The van der Waals surface area contributed by atoms with Crippen LogP contribution in [-0.2, 0) is 0 Å². The number of fused-ring (bicyclic) bond motifs is 1. The number of nitrogens with zero attached hydrogens (tertiary/aromatic N) is 1. The zero-order chi connectivity index (χ0) is 14.7. The fraction of sp³-hybridized carbons (Fsp3) is 0.0556. The molecule has 0 heterocycles. The predicted octanol–water partition coefficient (Wildman–Crippen LogP) is 5.04. The first kappa shape index (κ1) is 13.7. The molecular formula is C18H15NOS. The number of hydrogen-bond acceptors (Lipinski definition) is 3. The van der Waals surface area contributed by atoms with Gasteiger partial charge in [-0.25, -0.2) is 0 Å². The van der Waals surface area contributed by atoms with Gasteiger partial charge in [0, 0.05) is 10.5 Å². The third-order valence-corrected chi connectivity index (χ3v) is 4.35. The number of thioether (sulfide) groups is 1. The zero-order valence-corrected chi connectivity index (χ0v) is 12.5. The third-order valence-electron chi connectivity index (χ3n) is 3.55. The van der Waals surface area contributed by atoms with Gasteiger partial charge < -0.3 is 5.21 Å². The van der Waals surface area contributed by atoms with Crippen LogP contribution in [0.1, 0.15) is 5.56 Å². The maximum atomic E-state index is 8.81. The van der Waals surface area contributed by atoms with Gasteiger partial charge in [-0.3, -0.25) is 0 Å². The third kappa shape index (κ3) is 2.52. The number of hydrogen-bond donors (Lipinski definition) is 1. The highest BCUT2D eigenvalue weighted by Gasteiger charge is 2.09. The Morgan fingerprint density at radius 2 is 1.57 bits per heavy atom. The molecule has 0 aliphatic heterocycles. The summed E-state index contributed by atoms with van der Waals surface area (Å²) >= 11 is 1.75. The predicted molar refractivity (Wildman–Crippen MR) is 90.5 cm³/mol. The number of oxime groups is 1. The summed E-state index contributed by atoms with van der Waals surface area (Å²) < 4.78 is 0. The van der Waals surface area contributed by atoms with Crippen molar-refractivity contribution in [2.75, 3.05) is 6.26 Å². The molecule has 0 unspecified atom stereocenters. The standard InChI is InChI=1S/C18H15NOS/c1-21-18-9-5-4-8-17(18)16-11-10-13(12-19-20)14-6-2-3-7-15(14)16/h2-12,20H,1H3. The topological polar surface area (TPSA) is 32.6 Å². The molecule has 0 fully saturated rings. The van der Waals surface area contributed by atoms with Gasteiger partial charge in [0.15, 0.2) is 0 Å². The Hall–Kier alpha value is -2.26. The molecule has 3 rings (SSSR count). The van der Waals surface area contributed by atoms with Crippen LogP contribution in [0.4, 0.5) is 0 Å². The van der Waals surface area contributed by atoms with Crippen LogP contribution in [0, 0.1) is 0 Å². The quantitative estimate of drug-likeness (QED) is 0.318. The van der Waals surface area contributed by atoms with Crippen LogP contribution >= 0.6 is 11.8 Å². The second-order valence-corrected chi connectivity index (χ2v) is 5.54. The molecule has 0 atom stereocenters. The van der Waals surface area contributed by atoms with Crippen LogP contribution in [0.15, 0.2) is 70.7 Å². The summed E-state index contributed by atoms with van der Waals surface area (Å²) in [6.07, 6.45) is 3.57. The lowest BCUT2D eigenvalue weighted by Crippen LogP contribution is -1.89. The first-order chi connectivity index (χ1) is 10.3. The summed E-state index contributed by atoms with van der Waals surface area (Å²) in [4.78, 5) is 1.26. The van der Waals surface area contributed by atoms with E-state index >= 15 is 0 Å². The minimum absolute atomic E-state index is 0.915. The van der Waals surface area contributed by atoms with Gasteiger partial charge in [-0.05, 0) is 34.2 Å². The van der Waals surface area contributed by atoms with Crippen LogP contribution in [0.5, 0.6) is 0 Å². The minimum Gasteiger partial charge on any atom is -0.411 e. The molecule has 3 aromatic carbocycles. The Morgan fingerprint density at radius 3 is 2.33 bits per heavy atom. The molecule has 21 heavy (non-hydrogen) atoms. The normalized spacial score (nSPS) is 11.3. The molecule has 0 bridgehead atoms. The highest BCUT2D eigenvalue weighted by atomic mass is 32.2. The van der Waals surface area contributed by atoms with Crippen LogP contribution in [0.3, 0.4) is 0 Å². The first-order valence-corrected chi connectivity index (χ1v) is 7.90. The highest BCUT2D eigenvalue weighted by molar-refractivity contribution is 7.98. The summed E-state index contributed by atoms with van der Waals surface area (Å²) in [6, 6.07) is 20.7. The number of benzene rings is 3. The summed E-state index contributed by atoms with van der Waals surface area (Å²) in [5.41, 5.74) is 3.35. The van der Waals surface area contributed by atoms with E-state index in [0.29, 0.717) is 0 Å². The van der Waals surface area contributed by atoms with Gasteiger partial charge in [0.05, 0.1) is 6.21 Å². The van der Waals surface area contributed by atoms with E-state index in [1.807, 2.05) is 18.2 Å². The minimum atomic E-state index is 0.915. The molecule has 104 valence electrons. The van der Waals surface area contributed by atoms with Crippen molar-refractivity contribution in [3.05, 3.63) is 66.2 Å². The molecule has 0 saturated heterocycles. The fourth-order valence-electron chi connectivity index (χ4n) is 2.60. The van der Waals surface area contributed by atoms with Crippen molar-refractivity contribution in [1.29, 1.82) is 0 Å². The Kier molecular flexibility index (Phi) is 3.93. The van der Waals surface area contributed by atoms with Crippen molar-refractivity contribution >= 4 is 28.7 Å². The second-order valence-electron chi connectivity index (χ2n) is 4.69. The van der Waals surface area contributed by atoms with Crippen LogP contribution in [-0.4, -0.2) is 17.7 Å². The lowest BCUT2D eigenvalue weighted by Gasteiger charge is -2.12. The monoisotopic (exact) mass is 293 g/mol. The molecule has 0 amide bonds. The molecule has 3 heteroatoms. The van der Waals surface area contributed by atoms with Gasteiger partial charge in [-0.2, -0.15) is 0 Å². The average molecular weight is 293 g/mol. The van der Waals surface area contributed by atoms with E-state index in [1.54, 1.807) is 11.8 Å². The SMILES string of the molecule is CSc1ccccc1-c1ccc(C=NO)c2ccccc12. The average Bonchev–Trinajstić information content (AvgIpc) is 2.55. The largest absolute Gasteiger partial charge is 0.411 e. The van der Waals surface area contributed by atoms with E-state index in [0.717, 1.165) is 16.3 Å². The maximum Gasteiger partial charge on any atom is 0.0740 e. The van der Waals surface area contributed by atoms with Crippen molar-refractivity contribution in [2.24, 2.45) is 5.16 Å². The molecule has 0 aromatic heterocycles. The van der Waals surface area contributed by atoms with E-state index in [9.17, 15) is 0 Å². The van der Waals surface area contributed by atoms with E-state index < -0.39 is 0 Å². The summed E-state index contributed by atoms with van der Waals surface area (Å²) in [5, 5.41) is 14.2. The van der Waals surface area contributed by atoms with Crippen LogP contribution < -0.4 is 0 Å². The van der Waals surface area contributed by atoms with Crippen LogP contribution in [0.25, 0.3) is 21.9 Å². The van der Waals surface area contributed by atoms with E-state index in [-0.39, 0.29) is 0 Å². The maximum absolute atomic E-state index is 8.81. The smallest absolute Gasteiger partial charge is 0.0740 e. The van der Waals surface area contributed by atoms with Gasteiger partial charge in [0.25, 0.3) is 0 Å². The van der Waals surface area contributed by atoms with Crippen molar-refractivity contribution in [3.63, 3.8) is 0 Å². The van der Waals surface area contributed by atoms with E-state index in [1.165, 1.54) is 22.2 Å². The molecule has 3 aromatic rings.